The van der Waals surface area contributed by atoms with Crippen molar-refractivity contribution in [1.29, 1.82) is 5.26 Å². The zero-order valence-electron chi connectivity index (χ0n) is 17.2. The summed E-state index contributed by atoms with van der Waals surface area (Å²) in [5.41, 5.74) is 2.01. The van der Waals surface area contributed by atoms with Gasteiger partial charge in [-0.15, -0.1) is 0 Å². The van der Waals surface area contributed by atoms with Gasteiger partial charge in [-0.1, -0.05) is 0 Å². The normalized spacial score (nSPS) is 13.9. The van der Waals surface area contributed by atoms with Gasteiger partial charge in [-0.3, -0.25) is 4.79 Å². The topological polar surface area (TPSA) is 69.5 Å². The number of hydrogen-bond donors (Lipinski definition) is 0. The first kappa shape index (κ1) is 21.8. The average Bonchev–Trinajstić information content (AvgIpc) is 3.07. The van der Waals surface area contributed by atoms with E-state index in [1.807, 2.05) is 12.1 Å². The summed E-state index contributed by atoms with van der Waals surface area (Å²) >= 11 is 3.28. The second kappa shape index (κ2) is 9.79. The molecule has 0 aliphatic carbocycles. The van der Waals surface area contributed by atoms with E-state index in [1.165, 1.54) is 18.2 Å². The average molecular weight is 495 g/mol. The summed E-state index contributed by atoms with van der Waals surface area (Å²) in [6.45, 7) is 2.65. The summed E-state index contributed by atoms with van der Waals surface area (Å²) in [5.74, 6) is 0.00551. The van der Waals surface area contributed by atoms with Gasteiger partial charge in [0.1, 0.15) is 17.1 Å². The van der Waals surface area contributed by atoms with Gasteiger partial charge in [-0.05, 0) is 76.9 Å². The summed E-state index contributed by atoms with van der Waals surface area (Å²) < 4.78 is 19.7. The van der Waals surface area contributed by atoms with E-state index in [-0.39, 0.29) is 11.8 Å². The Hall–Kier alpha value is -3.44. The Kier molecular flexibility index (Phi) is 6.66. The van der Waals surface area contributed by atoms with E-state index in [1.54, 1.807) is 35.4 Å². The number of nitriles is 1. The summed E-state index contributed by atoms with van der Waals surface area (Å²) in [7, 11) is 0. The number of amides is 1. The van der Waals surface area contributed by atoms with Crippen molar-refractivity contribution < 1.29 is 13.9 Å². The Morgan fingerprint density at radius 2 is 1.91 bits per heavy atom. The van der Waals surface area contributed by atoms with Crippen molar-refractivity contribution in [3.63, 3.8) is 0 Å². The van der Waals surface area contributed by atoms with Crippen molar-refractivity contribution in [3.8, 4) is 17.7 Å². The Morgan fingerprint density at radius 1 is 1.09 bits per heavy atom. The van der Waals surface area contributed by atoms with Crippen LogP contribution in [0.1, 0.15) is 22.3 Å². The third kappa shape index (κ3) is 4.89. The second-order valence-electron chi connectivity index (χ2n) is 7.32. The summed E-state index contributed by atoms with van der Waals surface area (Å²) in [6.07, 6.45) is 2.37. The summed E-state index contributed by atoms with van der Waals surface area (Å²) in [4.78, 5) is 21.6. The molecule has 2 aromatic carbocycles. The van der Waals surface area contributed by atoms with Gasteiger partial charge in [-0.25, -0.2) is 9.37 Å². The maximum Gasteiger partial charge on any atom is 0.259 e. The predicted molar refractivity (Wildman–Crippen MR) is 122 cm³/mol. The third-order valence-corrected chi connectivity index (χ3v) is 5.87. The summed E-state index contributed by atoms with van der Waals surface area (Å²) in [5, 5.41) is 8.99. The largest absolute Gasteiger partial charge is 0.437 e. The highest BCUT2D eigenvalue weighted by molar-refractivity contribution is 9.10. The number of ether oxygens (including phenoxy) is 1. The fourth-order valence-electron chi connectivity index (χ4n) is 3.59. The van der Waals surface area contributed by atoms with Crippen LogP contribution in [0.5, 0.6) is 11.6 Å². The Morgan fingerprint density at radius 3 is 2.66 bits per heavy atom. The fraction of sp³-hybridized carbons (Fsp3) is 0.208. The van der Waals surface area contributed by atoms with Gasteiger partial charge in [0.15, 0.2) is 0 Å². The highest BCUT2D eigenvalue weighted by Gasteiger charge is 2.24. The maximum atomic E-state index is 13.4. The lowest BCUT2D eigenvalue weighted by molar-refractivity contribution is 0.0763. The molecule has 1 amide bonds. The van der Waals surface area contributed by atoms with Crippen molar-refractivity contribution in [3.05, 3.63) is 82.2 Å². The molecule has 8 heteroatoms. The number of nitrogens with zero attached hydrogens (tertiary/aromatic N) is 4. The number of carbonyl (C=O) groups excluding carboxylic acids is 1. The van der Waals surface area contributed by atoms with E-state index in [2.05, 4.69) is 31.9 Å². The zero-order valence-corrected chi connectivity index (χ0v) is 18.8. The molecule has 4 rings (SSSR count). The van der Waals surface area contributed by atoms with Crippen LogP contribution in [0.2, 0.25) is 0 Å². The number of aromatic nitrogens is 1. The Balaban J connectivity index is 1.49. The smallest absolute Gasteiger partial charge is 0.259 e. The van der Waals surface area contributed by atoms with Crippen molar-refractivity contribution >= 4 is 27.5 Å². The van der Waals surface area contributed by atoms with Crippen molar-refractivity contribution in [2.75, 3.05) is 31.1 Å². The maximum absolute atomic E-state index is 13.4. The molecule has 32 heavy (non-hydrogen) atoms. The molecule has 0 atom stereocenters. The van der Waals surface area contributed by atoms with Crippen LogP contribution in [-0.4, -0.2) is 42.0 Å². The number of rotatable bonds is 4. The quantitative estimate of drug-likeness (QED) is 0.510. The van der Waals surface area contributed by atoms with Gasteiger partial charge < -0.3 is 14.5 Å². The molecule has 1 aliphatic heterocycles. The summed E-state index contributed by atoms with van der Waals surface area (Å²) in [6, 6.07) is 17.1. The molecule has 1 aliphatic rings. The molecule has 162 valence electrons. The van der Waals surface area contributed by atoms with Crippen molar-refractivity contribution in [2.45, 2.75) is 6.42 Å². The van der Waals surface area contributed by atoms with Crippen LogP contribution in [0.25, 0.3) is 0 Å². The lowest BCUT2D eigenvalue weighted by Gasteiger charge is -2.24. The zero-order chi connectivity index (χ0) is 22.5. The van der Waals surface area contributed by atoms with Gasteiger partial charge >= 0.3 is 0 Å². The molecular formula is C24H20BrFN4O2. The van der Waals surface area contributed by atoms with Crippen LogP contribution in [0.4, 0.5) is 10.1 Å². The molecule has 0 saturated carbocycles. The van der Waals surface area contributed by atoms with Crippen LogP contribution < -0.4 is 9.64 Å². The molecule has 0 N–H and O–H groups in total. The van der Waals surface area contributed by atoms with E-state index in [4.69, 9.17) is 10.00 Å². The second-order valence-corrected chi connectivity index (χ2v) is 8.18. The first-order valence-electron chi connectivity index (χ1n) is 10.2. The van der Waals surface area contributed by atoms with Crippen LogP contribution >= 0.6 is 15.9 Å². The lowest BCUT2D eigenvalue weighted by Crippen LogP contribution is -2.35. The Bertz CT molecular complexity index is 1160. The standard InChI is InChI=1S/C24H20BrFN4O2/c25-21-15-18(26)6-9-22(21)32-23-20(3-1-10-28-23)24(31)30-12-2-11-29(13-14-30)19-7-4-17(16-27)5-8-19/h1,3-10,15H,2,11-14H2. The minimum atomic E-state index is -0.391. The molecule has 2 heterocycles. The molecule has 0 spiro atoms. The minimum Gasteiger partial charge on any atom is -0.437 e. The molecule has 0 bridgehead atoms. The Labute approximate surface area is 194 Å². The molecule has 1 fully saturated rings. The van der Waals surface area contributed by atoms with Gasteiger partial charge in [-0.2, -0.15) is 5.26 Å². The van der Waals surface area contributed by atoms with Gasteiger partial charge in [0, 0.05) is 38.1 Å². The van der Waals surface area contributed by atoms with Gasteiger partial charge in [0.2, 0.25) is 5.88 Å². The third-order valence-electron chi connectivity index (χ3n) is 5.25. The lowest BCUT2D eigenvalue weighted by atomic mass is 10.2. The van der Waals surface area contributed by atoms with Crippen molar-refractivity contribution in [2.24, 2.45) is 0 Å². The van der Waals surface area contributed by atoms with E-state index < -0.39 is 5.82 Å². The first-order chi connectivity index (χ1) is 15.5. The molecule has 0 unspecified atom stereocenters. The monoisotopic (exact) mass is 494 g/mol. The van der Waals surface area contributed by atoms with E-state index in [0.717, 1.165) is 18.7 Å². The van der Waals surface area contributed by atoms with Crippen molar-refractivity contribution in [1.82, 2.24) is 9.88 Å². The van der Waals surface area contributed by atoms with Crippen LogP contribution in [0.15, 0.2) is 65.3 Å². The highest BCUT2D eigenvalue weighted by Crippen LogP contribution is 2.31. The highest BCUT2D eigenvalue weighted by atomic mass is 79.9. The molecule has 1 saturated heterocycles. The molecule has 6 nitrogen and oxygen atoms in total. The molecule has 1 aromatic heterocycles. The molecule has 3 aromatic rings. The van der Waals surface area contributed by atoms with E-state index in [9.17, 15) is 9.18 Å². The van der Waals surface area contributed by atoms with Gasteiger partial charge in [0.25, 0.3) is 5.91 Å². The molecule has 0 radical (unpaired) electrons. The number of hydrogen-bond acceptors (Lipinski definition) is 5. The number of benzene rings is 2. The number of carbonyl (C=O) groups is 1. The van der Waals surface area contributed by atoms with Gasteiger partial charge in [0.05, 0.1) is 16.1 Å². The minimum absolute atomic E-state index is 0.159. The van der Waals surface area contributed by atoms with Crippen LogP contribution in [-0.2, 0) is 0 Å². The van der Waals surface area contributed by atoms with Crippen LogP contribution in [0, 0.1) is 17.1 Å². The number of halogens is 2. The number of pyridine rings is 1. The van der Waals surface area contributed by atoms with E-state index >= 15 is 0 Å². The number of anilines is 1. The van der Waals surface area contributed by atoms with E-state index in [0.29, 0.717) is 41.0 Å². The SMILES string of the molecule is N#Cc1ccc(N2CCCN(C(=O)c3cccnc3Oc3ccc(F)cc3Br)CC2)cc1. The first-order valence-corrected chi connectivity index (χ1v) is 11.0. The predicted octanol–water partition coefficient (Wildman–Crippen LogP) is 5.00. The molecular weight excluding hydrogens is 475 g/mol. The fourth-order valence-corrected chi connectivity index (χ4v) is 4.02. The van der Waals surface area contributed by atoms with Crippen LogP contribution in [0.3, 0.4) is 0 Å².